The van der Waals surface area contributed by atoms with Gasteiger partial charge in [0.2, 0.25) is 6.41 Å². The summed E-state index contributed by atoms with van der Waals surface area (Å²) in [5.74, 6) is -0.682. The molecule has 3 N–H and O–H groups in total. The van der Waals surface area contributed by atoms with Crippen LogP contribution in [0, 0.1) is 5.41 Å². The van der Waals surface area contributed by atoms with Crippen LogP contribution in [-0.4, -0.2) is 66.9 Å². The van der Waals surface area contributed by atoms with Crippen LogP contribution in [0.4, 0.5) is 11.4 Å². The van der Waals surface area contributed by atoms with Crippen molar-refractivity contribution in [1.29, 1.82) is 5.41 Å². The molecule has 2 aromatic carbocycles. The lowest BCUT2D eigenvalue weighted by molar-refractivity contribution is -0.131. The lowest BCUT2D eigenvalue weighted by atomic mass is 10.1. The van der Waals surface area contributed by atoms with Crippen LogP contribution in [0.15, 0.2) is 36.4 Å². The molecule has 2 aromatic rings. The first kappa shape index (κ1) is 25.1. The van der Waals surface area contributed by atoms with E-state index in [1.165, 1.54) is 11.1 Å². The summed E-state index contributed by atoms with van der Waals surface area (Å²) in [6.45, 7) is 4.34. The standard InChI is InChI=1S/C25H30N4O5/c1-4-18-11-17(13-26)5-8-22(18)27-24(32)23(31)16(2)34-10-9-29(15-30)20-7-6-19-14-28(3)25(33)21(19)12-20/h5-8,11-13,15-16,23,26,31H,4,9-10,14H2,1-3H3,(H,27,32). The quantitative estimate of drug-likeness (QED) is 0.346. The van der Waals surface area contributed by atoms with Crippen LogP contribution in [0.1, 0.15) is 40.9 Å². The number of anilines is 2. The van der Waals surface area contributed by atoms with Crippen LogP contribution in [-0.2, 0) is 27.3 Å². The van der Waals surface area contributed by atoms with Gasteiger partial charge in [-0.1, -0.05) is 19.1 Å². The Balaban J connectivity index is 1.55. The summed E-state index contributed by atoms with van der Waals surface area (Å²) >= 11 is 0. The second-order valence-electron chi connectivity index (χ2n) is 8.23. The summed E-state index contributed by atoms with van der Waals surface area (Å²) in [5.41, 5.74) is 4.23. The Labute approximate surface area is 198 Å². The zero-order chi connectivity index (χ0) is 24.8. The van der Waals surface area contributed by atoms with Crippen molar-refractivity contribution in [2.24, 2.45) is 0 Å². The van der Waals surface area contributed by atoms with Gasteiger partial charge in [0.1, 0.15) is 0 Å². The highest BCUT2D eigenvalue weighted by molar-refractivity contribution is 5.99. The highest BCUT2D eigenvalue weighted by Gasteiger charge is 2.26. The van der Waals surface area contributed by atoms with Crippen LogP contribution in [0.5, 0.6) is 0 Å². The number of rotatable bonds is 11. The number of carbonyl (C=O) groups excluding carboxylic acids is 3. The predicted octanol–water partition coefficient (Wildman–Crippen LogP) is 2.20. The summed E-state index contributed by atoms with van der Waals surface area (Å²) in [7, 11) is 1.73. The number of benzene rings is 2. The molecule has 0 radical (unpaired) electrons. The highest BCUT2D eigenvalue weighted by atomic mass is 16.5. The van der Waals surface area contributed by atoms with Crippen molar-refractivity contribution in [2.45, 2.75) is 39.0 Å². The normalized spacial score (nSPS) is 14.4. The van der Waals surface area contributed by atoms with E-state index in [2.05, 4.69) is 5.32 Å². The Bertz CT molecular complexity index is 1090. The molecule has 9 nitrogen and oxygen atoms in total. The van der Waals surface area contributed by atoms with Gasteiger partial charge in [-0.25, -0.2) is 0 Å². The van der Waals surface area contributed by atoms with E-state index in [1.807, 2.05) is 19.1 Å². The molecule has 3 rings (SSSR count). The lowest BCUT2D eigenvalue weighted by Gasteiger charge is -2.22. The van der Waals surface area contributed by atoms with Crippen molar-refractivity contribution < 1.29 is 24.2 Å². The van der Waals surface area contributed by atoms with Crippen molar-refractivity contribution in [1.82, 2.24) is 4.90 Å². The molecular formula is C25H30N4O5. The highest BCUT2D eigenvalue weighted by Crippen LogP contribution is 2.26. The number of carbonyl (C=O) groups is 3. The summed E-state index contributed by atoms with van der Waals surface area (Å²) < 4.78 is 5.62. The number of nitrogens with one attached hydrogen (secondary N) is 2. The molecule has 1 heterocycles. The molecule has 0 saturated carbocycles. The number of aliphatic hydroxyl groups is 1. The van der Waals surface area contributed by atoms with Gasteiger partial charge in [0.25, 0.3) is 11.8 Å². The molecule has 1 aliphatic heterocycles. The van der Waals surface area contributed by atoms with Gasteiger partial charge in [-0.05, 0) is 54.3 Å². The first-order valence-electron chi connectivity index (χ1n) is 11.1. The minimum Gasteiger partial charge on any atom is -0.381 e. The van der Waals surface area contributed by atoms with E-state index >= 15 is 0 Å². The van der Waals surface area contributed by atoms with Crippen molar-refractivity contribution in [3.63, 3.8) is 0 Å². The van der Waals surface area contributed by atoms with E-state index in [4.69, 9.17) is 10.1 Å². The van der Waals surface area contributed by atoms with Gasteiger partial charge in [0, 0.05) is 43.3 Å². The molecule has 2 atom stereocenters. The smallest absolute Gasteiger partial charge is 0.255 e. The van der Waals surface area contributed by atoms with E-state index < -0.39 is 18.1 Å². The van der Waals surface area contributed by atoms with Gasteiger partial charge in [0.05, 0.1) is 12.7 Å². The van der Waals surface area contributed by atoms with Gasteiger partial charge in [-0.2, -0.15) is 0 Å². The number of hydrogen-bond acceptors (Lipinski definition) is 6. The van der Waals surface area contributed by atoms with Gasteiger partial charge in [-0.15, -0.1) is 0 Å². The third-order valence-electron chi connectivity index (χ3n) is 5.90. The molecule has 180 valence electrons. The maximum atomic E-state index is 12.5. The maximum Gasteiger partial charge on any atom is 0.255 e. The largest absolute Gasteiger partial charge is 0.381 e. The van der Waals surface area contributed by atoms with Crippen LogP contribution >= 0.6 is 0 Å². The molecule has 0 fully saturated rings. The summed E-state index contributed by atoms with van der Waals surface area (Å²) in [5, 5.41) is 20.5. The second kappa shape index (κ2) is 11.0. The van der Waals surface area contributed by atoms with E-state index in [0.717, 1.165) is 16.7 Å². The van der Waals surface area contributed by atoms with Crippen LogP contribution < -0.4 is 10.2 Å². The second-order valence-corrected chi connectivity index (χ2v) is 8.23. The molecule has 0 aliphatic carbocycles. The van der Waals surface area contributed by atoms with Crippen molar-refractivity contribution in [2.75, 3.05) is 30.4 Å². The van der Waals surface area contributed by atoms with Crippen LogP contribution in [0.25, 0.3) is 0 Å². The molecule has 0 bridgehead atoms. The first-order chi connectivity index (χ1) is 16.3. The monoisotopic (exact) mass is 466 g/mol. The minimum atomic E-state index is -1.41. The third-order valence-corrected chi connectivity index (χ3v) is 5.90. The van der Waals surface area contributed by atoms with Gasteiger partial charge >= 0.3 is 0 Å². The van der Waals surface area contributed by atoms with Crippen LogP contribution in [0.2, 0.25) is 0 Å². The fourth-order valence-corrected chi connectivity index (χ4v) is 3.82. The molecule has 3 amide bonds. The van der Waals surface area contributed by atoms with Gasteiger partial charge < -0.3 is 30.4 Å². The number of ether oxygens (including phenoxy) is 1. The Kier molecular flexibility index (Phi) is 8.14. The molecule has 1 aliphatic rings. The van der Waals surface area contributed by atoms with E-state index in [0.29, 0.717) is 36.3 Å². The number of nitrogens with zero attached hydrogens (tertiary/aromatic N) is 2. The third kappa shape index (κ3) is 5.49. The van der Waals surface area contributed by atoms with Crippen molar-refractivity contribution in [3.05, 3.63) is 58.7 Å². The van der Waals surface area contributed by atoms with Gasteiger partial charge in [0.15, 0.2) is 6.10 Å². The van der Waals surface area contributed by atoms with Crippen molar-refractivity contribution >= 4 is 35.8 Å². The number of amides is 3. The Morgan fingerprint density at radius 3 is 2.76 bits per heavy atom. The average Bonchev–Trinajstić information content (AvgIpc) is 3.14. The molecule has 2 unspecified atom stereocenters. The van der Waals surface area contributed by atoms with Gasteiger partial charge in [-0.3, -0.25) is 14.4 Å². The number of hydrogen-bond donors (Lipinski definition) is 3. The topological polar surface area (TPSA) is 123 Å². The van der Waals surface area contributed by atoms with E-state index in [-0.39, 0.29) is 19.1 Å². The fraction of sp³-hybridized carbons (Fsp3) is 0.360. The molecule has 0 aromatic heterocycles. The Hall–Kier alpha value is -3.56. The summed E-state index contributed by atoms with van der Waals surface area (Å²) in [6, 6.07) is 10.5. The molecule has 0 spiro atoms. The molecule has 34 heavy (non-hydrogen) atoms. The Morgan fingerprint density at radius 2 is 2.09 bits per heavy atom. The zero-order valence-electron chi connectivity index (χ0n) is 19.6. The maximum absolute atomic E-state index is 12.5. The summed E-state index contributed by atoms with van der Waals surface area (Å²) in [4.78, 5) is 39.4. The number of aliphatic hydroxyl groups excluding tert-OH is 1. The number of aryl methyl sites for hydroxylation is 1. The Morgan fingerprint density at radius 1 is 1.32 bits per heavy atom. The average molecular weight is 467 g/mol. The number of fused-ring (bicyclic) bond motifs is 1. The van der Waals surface area contributed by atoms with Crippen molar-refractivity contribution in [3.8, 4) is 0 Å². The first-order valence-corrected chi connectivity index (χ1v) is 11.1. The molecular weight excluding hydrogens is 436 g/mol. The lowest BCUT2D eigenvalue weighted by Crippen LogP contribution is -2.39. The SMILES string of the molecule is CCc1cc(C=N)ccc1NC(=O)C(O)C(C)OCCN(C=O)c1ccc2c(c1)C(=O)N(C)C2. The zero-order valence-corrected chi connectivity index (χ0v) is 19.6. The van der Waals surface area contributed by atoms with E-state index in [1.54, 1.807) is 43.1 Å². The summed E-state index contributed by atoms with van der Waals surface area (Å²) in [6.07, 6.45) is 0.328. The molecule has 0 saturated heterocycles. The fourth-order valence-electron chi connectivity index (χ4n) is 3.82. The molecule has 9 heteroatoms. The predicted molar refractivity (Wildman–Crippen MR) is 129 cm³/mol. The van der Waals surface area contributed by atoms with E-state index in [9.17, 15) is 19.5 Å². The van der Waals surface area contributed by atoms with Crippen LogP contribution in [0.3, 0.4) is 0 Å². The minimum absolute atomic E-state index is 0.0830.